The summed E-state index contributed by atoms with van der Waals surface area (Å²) in [5.41, 5.74) is 1.06. The molecular weight excluding hydrogens is 314 g/mol. The average molecular weight is 337 g/mol. The molecule has 0 aromatic carbocycles. The first-order valence-electron chi connectivity index (χ1n) is 8.06. The first-order chi connectivity index (χ1) is 11.5. The fourth-order valence-corrected chi connectivity index (χ4v) is 2.76. The zero-order chi connectivity index (χ0) is 17.3. The molecular formula is C15H23N5O4. The molecule has 0 unspecified atom stereocenters. The second-order valence-electron chi connectivity index (χ2n) is 6.38. The Hall–Kier alpha value is -1.81. The van der Waals surface area contributed by atoms with E-state index in [9.17, 15) is 15.3 Å². The number of ether oxygens (including phenoxy) is 1. The standard InChI is InChI=1S/C15H23N5O4/c1-8(2)3-4-16-13-10-14(18-6-17-13)20(7-19-10)15-12(23)11(22)9(5-21)24-15/h6-9,11-12,15,21-23H,3-5H2,1-2H3,(H,16,17,18)/t9-,11-,12-,15-/m1/s1. The molecule has 1 aliphatic rings. The number of aliphatic hydroxyl groups excluding tert-OH is 3. The molecule has 1 fully saturated rings. The molecule has 0 amide bonds. The van der Waals surface area contributed by atoms with Crippen molar-refractivity contribution >= 4 is 17.0 Å². The molecule has 4 N–H and O–H groups in total. The highest BCUT2D eigenvalue weighted by Gasteiger charge is 2.44. The van der Waals surface area contributed by atoms with Gasteiger partial charge in [-0.25, -0.2) is 15.0 Å². The zero-order valence-electron chi connectivity index (χ0n) is 13.7. The molecule has 9 nitrogen and oxygen atoms in total. The van der Waals surface area contributed by atoms with Crippen LogP contribution in [0.25, 0.3) is 11.2 Å². The minimum absolute atomic E-state index is 0.377. The summed E-state index contributed by atoms with van der Waals surface area (Å²) in [7, 11) is 0. The second kappa shape index (κ2) is 6.98. The maximum Gasteiger partial charge on any atom is 0.167 e. The fourth-order valence-electron chi connectivity index (χ4n) is 2.76. The van der Waals surface area contributed by atoms with Crippen molar-refractivity contribution in [1.82, 2.24) is 19.5 Å². The van der Waals surface area contributed by atoms with Gasteiger partial charge in [0.15, 0.2) is 23.2 Å². The van der Waals surface area contributed by atoms with Crippen LogP contribution in [-0.2, 0) is 4.74 Å². The number of imidazole rings is 1. The third-order valence-electron chi connectivity index (χ3n) is 4.16. The van der Waals surface area contributed by atoms with Gasteiger partial charge in [-0.2, -0.15) is 0 Å². The third kappa shape index (κ3) is 3.07. The van der Waals surface area contributed by atoms with Gasteiger partial charge in [-0.3, -0.25) is 4.57 Å². The van der Waals surface area contributed by atoms with E-state index in [1.165, 1.54) is 12.7 Å². The predicted octanol–water partition coefficient (Wildman–Crippen LogP) is -0.104. The smallest absolute Gasteiger partial charge is 0.167 e. The van der Waals surface area contributed by atoms with Crippen molar-refractivity contribution in [3.05, 3.63) is 12.7 Å². The van der Waals surface area contributed by atoms with Crippen LogP contribution in [0, 0.1) is 5.92 Å². The Kier molecular flexibility index (Phi) is 4.95. The van der Waals surface area contributed by atoms with Crippen LogP contribution in [0.4, 0.5) is 5.82 Å². The molecule has 0 radical (unpaired) electrons. The Morgan fingerprint density at radius 2 is 2.04 bits per heavy atom. The van der Waals surface area contributed by atoms with Crippen molar-refractivity contribution in [2.75, 3.05) is 18.5 Å². The summed E-state index contributed by atoms with van der Waals surface area (Å²) in [6, 6.07) is 0. The van der Waals surface area contributed by atoms with Crippen LogP contribution in [0.2, 0.25) is 0 Å². The second-order valence-corrected chi connectivity index (χ2v) is 6.38. The van der Waals surface area contributed by atoms with Crippen molar-refractivity contribution in [1.29, 1.82) is 0 Å². The summed E-state index contributed by atoms with van der Waals surface area (Å²) in [5, 5.41) is 32.5. The molecule has 3 rings (SSSR count). The number of aliphatic hydroxyl groups is 3. The van der Waals surface area contributed by atoms with E-state index >= 15 is 0 Å². The highest BCUT2D eigenvalue weighted by Crippen LogP contribution is 2.32. The van der Waals surface area contributed by atoms with Crippen molar-refractivity contribution in [2.24, 2.45) is 5.92 Å². The Labute approximate surface area is 139 Å². The Balaban J connectivity index is 1.86. The first-order valence-corrected chi connectivity index (χ1v) is 8.06. The van der Waals surface area contributed by atoms with E-state index in [0.717, 1.165) is 13.0 Å². The number of nitrogens with one attached hydrogen (secondary N) is 1. The van der Waals surface area contributed by atoms with E-state index in [1.54, 1.807) is 4.57 Å². The summed E-state index contributed by atoms with van der Waals surface area (Å²) in [5.74, 6) is 1.19. The van der Waals surface area contributed by atoms with Gasteiger partial charge in [0.05, 0.1) is 12.9 Å². The number of rotatable bonds is 6. The van der Waals surface area contributed by atoms with E-state index < -0.39 is 24.5 Å². The van der Waals surface area contributed by atoms with E-state index in [-0.39, 0.29) is 6.61 Å². The van der Waals surface area contributed by atoms with Crippen molar-refractivity contribution < 1.29 is 20.1 Å². The molecule has 9 heteroatoms. The lowest BCUT2D eigenvalue weighted by Crippen LogP contribution is -2.33. The molecule has 132 valence electrons. The van der Waals surface area contributed by atoms with Crippen LogP contribution in [0.1, 0.15) is 26.5 Å². The predicted molar refractivity (Wildman–Crippen MR) is 86.3 cm³/mol. The average Bonchev–Trinajstić information content (AvgIpc) is 3.10. The number of hydrogen-bond donors (Lipinski definition) is 4. The molecule has 4 atom stereocenters. The molecule has 2 aromatic heterocycles. The topological polar surface area (TPSA) is 126 Å². The van der Waals surface area contributed by atoms with Crippen LogP contribution in [0.3, 0.4) is 0 Å². The zero-order valence-corrected chi connectivity index (χ0v) is 13.7. The van der Waals surface area contributed by atoms with Crippen LogP contribution >= 0.6 is 0 Å². The highest BCUT2D eigenvalue weighted by molar-refractivity contribution is 5.82. The summed E-state index contributed by atoms with van der Waals surface area (Å²) in [6.45, 7) is 4.68. The van der Waals surface area contributed by atoms with Gasteiger partial charge in [-0.15, -0.1) is 0 Å². The lowest BCUT2D eigenvalue weighted by Gasteiger charge is -2.16. The van der Waals surface area contributed by atoms with E-state index in [0.29, 0.717) is 22.9 Å². The largest absolute Gasteiger partial charge is 0.394 e. The monoisotopic (exact) mass is 337 g/mol. The number of aromatic nitrogens is 4. The summed E-state index contributed by atoms with van der Waals surface area (Å²) in [4.78, 5) is 12.7. The molecule has 24 heavy (non-hydrogen) atoms. The summed E-state index contributed by atoms with van der Waals surface area (Å²) >= 11 is 0. The Bertz CT molecular complexity index is 692. The maximum atomic E-state index is 10.2. The Morgan fingerprint density at radius 3 is 2.71 bits per heavy atom. The SMILES string of the molecule is CC(C)CCNc1ncnc2c1ncn2[C@@H]1O[C@H](CO)[C@@H](O)[C@H]1O. The van der Waals surface area contributed by atoms with Gasteiger partial charge >= 0.3 is 0 Å². The molecule has 3 heterocycles. The maximum absolute atomic E-state index is 10.2. The van der Waals surface area contributed by atoms with Gasteiger partial charge in [0.25, 0.3) is 0 Å². The van der Waals surface area contributed by atoms with E-state index in [4.69, 9.17) is 4.74 Å². The highest BCUT2D eigenvalue weighted by atomic mass is 16.6. The summed E-state index contributed by atoms with van der Waals surface area (Å²) < 4.78 is 7.08. The van der Waals surface area contributed by atoms with Gasteiger partial charge < -0.3 is 25.4 Å². The third-order valence-corrected chi connectivity index (χ3v) is 4.16. The van der Waals surface area contributed by atoms with Crippen molar-refractivity contribution in [3.8, 4) is 0 Å². The molecule has 0 saturated carbocycles. The first kappa shape index (κ1) is 17.0. The van der Waals surface area contributed by atoms with Crippen molar-refractivity contribution in [3.63, 3.8) is 0 Å². The minimum Gasteiger partial charge on any atom is -0.394 e. The number of nitrogens with zero attached hydrogens (tertiary/aromatic N) is 4. The van der Waals surface area contributed by atoms with Crippen LogP contribution in [0.15, 0.2) is 12.7 Å². The van der Waals surface area contributed by atoms with Crippen LogP contribution < -0.4 is 5.32 Å². The van der Waals surface area contributed by atoms with Crippen LogP contribution in [0.5, 0.6) is 0 Å². The molecule has 1 aliphatic heterocycles. The molecule has 1 saturated heterocycles. The lowest BCUT2D eigenvalue weighted by molar-refractivity contribution is -0.0511. The fraction of sp³-hybridized carbons (Fsp3) is 0.667. The van der Waals surface area contributed by atoms with Gasteiger partial charge in [-0.1, -0.05) is 13.8 Å². The molecule has 0 bridgehead atoms. The van der Waals surface area contributed by atoms with Crippen LogP contribution in [-0.4, -0.2) is 66.3 Å². The van der Waals surface area contributed by atoms with Gasteiger partial charge in [0.2, 0.25) is 0 Å². The lowest BCUT2D eigenvalue weighted by atomic mass is 10.1. The van der Waals surface area contributed by atoms with Crippen molar-refractivity contribution in [2.45, 2.75) is 44.8 Å². The van der Waals surface area contributed by atoms with Gasteiger partial charge in [-0.05, 0) is 12.3 Å². The quantitative estimate of drug-likeness (QED) is 0.575. The van der Waals surface area contributed by atoms with Gasteiger partial charge in [0.1, 0.15) is 24.6 Å². The molecule has 0 spiro atoms. The normalized spacial score (nSPS) is 27.2. The number of anilines is 1. The molecule has 0 aliphatic carbocycles. The van der Waals surface area contributed by atoms with E-state index in [1.807, 2.05) is 0 Å². The number of fused-ring (bicyclic) bond motifs is 1. The number of hydrogen-bond acceptors (Lipinski definition) is 8. The minimum atomic E-state index is -1.17. The Morgan fingerprint density at radius 1 is 1.25 bits per heavy atom. The van der Waals surface area contributed by atoms with E-state index in [2.05, 4.69) is 34.1 Å². The summed E-state index contributed by atoms with van der Waals surface area (Å²) in [6.07, 6.45) is -0.128. The molecule has 2 aromatic rings. The van der Waals surface area contributed by atoms with Gasteiger partial charge in [0, 0.05) is 6.54 Å².